The standard InChI is InChI=1S/C17H21ClN4O/c1-12(19)13-5-8-21(9-6-13)17(23)16-7-10-22(20-16)15-4-2-3-14(18)11-15/h2-4,7,10-13H,5-6,8-9,19H2,1H3. The summed E-state index contributed by atoms with van der Waals surface area (Å²) in [5, 5.41) is 5.04. The number of nitrogens with zero attached hydrogens (tertiary/aromatic N) is 3. The number of benzene rings is 1. The molecule has 1 saturated heterocycles. The normalized spacial score (nSPS) is 17.3. The van der Waals surface area contributed by atoms with Gasteiger partial charge in [-0.1, -0.05) is 17.7 Å². The number of carbonyl (C=O) groups excluding carboxylic acids is 1. The van der Waals surface area contributed by atoms with Crippen LogP contribution in [-0.4, -0.2) is 39.7 Å². The van der Waals surface area contributed by atoms with Gasteiger partial charge in [-0.25, -0.2) is 4.68 Å². The maximum absolute atomic E-state index is 12.6. The fourth-order valence-corrected chi connectivity index (χ4v) is 3.18. The van der Waals surface area contributed by atoms with Crippen LogP contribution in [0.15, 0.2) is 36.5 Å². The van der Waals surface area contributed by atoms with Gasteiger partial charge < -0.3 is 10.6 Å². The van der Waals surface area contributed by atoms with Crippen LogP contribution in [0, 0.1) is 5.92 Å². The highest BCUT2D eigenvalue weighted by Gasteiger charge is 2.26. The SMILES string of the molecule is CC(N)C1CCN(C(=O)c2ccn(-c3cccc(Cl)c3)n2)CC1. The van der Waals surface area contributed by atoms with Gasteiger partial charge >= 0.3 is 0 Å². The number of aromatic nitrogens is 2. The fraction of sp³-hybridized carbons (Fsp3) is 0.412. The van der Waals surface area contributed by atoms with Crippen molar-refractivity contribution in [2.75, 3.05) is 13.1 Å². The molecule has 1 unspecified atom stereocenters. The van der Waals surface area contributed by atoms with Gasteiger partial charge in [-0.3, -0.25) is 4.79 Å². The Kier molecular flexibility index (Phi) is 4.68. The van der Waals surface area contributed by atoms with Crippen LogP contribution >= 0.6 is 11.6 Å². The summed E-state index contributed by atoms with van der Waals surface area (Å²) in [4.78, 5) is 14.4. The number of nitrogens with two attached hydrogens (primary N) is 1. The quantitative estimate of drug-likeness (QED) is 0.940. The monoisotopic (exact) mass is 332 g/mol. The summed E-state index contributed by atoms with van der Waals surface area (Å²) in [6, 6.07) is 9.33. The van der Waals surface area contributed by atoms with Crippen LogP contribution in [0.25, 0.3) is 5.69 Å². The van der Waals surface area contributed by atoms with Crippen molar-refractivity contribution in [3.8, 4) is 5.69 Å². The van der Waals surface area contributed by atoms with Crippen molar-refractivity contribution < 1.29 is 4.79 Å². The van der Waals surface area contributed by atoms with Gasteiger partial charge in [0, 0.05) is 30.4 Å². The molecule has 2 N–H and O–H groups in total. The Labute approximate surface area is 141 Å². The number of halogens is 1. The first kappa shape index (κ1) is 16.0. The first-order chi connectivity index (χ1) is 11.0. The first-order valence-electron chi connectivity index (χ1n) is 7.91. The zero-order chi connectivity index (χ0) is 16.4. The molecule has 1 aromatic carbocycles. The summed E-state index contributed by atoms with van der Waals surface area (Å²) in [5.41, 5.74) is 7.25. The molecule has 23 heavy (non-hydrogen) atoms. The molecule has 0 spiro atoms. The topological polar surface area (TPSA) is 64.2 Å². The molecule has 6 heteroatoms. The second-order valence-electron chi connectivity index (χ2n) is 6.11. The number of piperidine rings is 1. The number of hydrogen-bond acceptors (Lipinski definition) is 3. The van der Waals surface area contributed by atoms with E-state index in [1.54, 1.807) is 16.9 Å². The minimum atomic E-state index is -0.0195. The van der Waals surface area contributed by atoms with Gasteiger partial charge in [0.2, 0.25) is 0 Å². The van der Waals surface area contributed by atoms with Crippen molar-refractivity contribution in [1.29, 1.82) is 0 Å². The largest absolute Gasteiger partial charge is 0.337 e. The molecular weight excluding hydrogens is 312 g/mol. The number of carbonyl (C=O) groups is 1. The van der Waals surface area contributed by atoms with Gasteiger partial charge in [-0.15, -0.1) is 0 Å². The summed E-state index contributed by atoms with van der Waals surface area (Å²) in [5.74, 6) is 0.483. The van der Waals surface area contributed by atoms with Crippen molar-refractivity contribution in [1.82, 2.24) is 14.7 Å². The zero-order valence-corrected chi connectivity index (χ0v) is 13.9. The Morgan fingerprint density at radius 2 is 2.09 bits per heavy atom. The lowest BCUT2D eigenvalue weighted by molar-refractivity contribution is 0.0674. The minimum Gasteiger partial charge on any atom is -0.337 e. The van der Waals surface area contributed by atoms with E-state index < -0.39 is 0 Å². The second-order valence-corrected chi connectivity index (χ2v) is 6.55. The molecule has 1 amide bonds. The van der Waals surface area contributed by atoms with Gasteiger partial charge in [0.15, 0.2) is 5.69 Å². The maximum atomic E-state index is 12.6. The third-order valence-corrected chi connectivity index (χ3v) is 4.69. The van der Waals surface area contributed by atoms with Crippen LogP contribution < -0.4 is 5.73 Å². The van der Waals surface area contributed by atoms with Crippen LogP contribution in [0.5, 0.6) is 0 Å². The molecule has 3 rings (SSSR count). The molecule has 1 fully saturated rings. The highest BCUT2D eigenvalue weighted by Crippen LogP contribution is 2.21. The van der Waals surface area contributed by atoms with Crippen LogP contribution in [0.2, 0.25) is 5.02 Å². The van der Waals surface area contributed by atoms with E-state index in [4.69, 9.17) is 17.3 Å². The van der Waals surface area contributed by atoms with Gasteiger partial charge in [0.05, 0.1) is 5.69 Å². The van der Waals surface area contributed by atoms with E-state index in [0.29, 0.717) is 16.6 Å². The third-order valence-electron chi connectivity index (χ3n) is 4.45. The number of likely N-dealkylation sites (tertiary alicyclic amines) is 1. The Balaban J connectivity index is 1.70. The molecule has 0 radical (unpaired) electrons. The molecule has 1 aliphatic heterocycles. The van der Waals surface area contributed by atoms with E-state index in [2.05, 4.69) is 5.10 Å². The predicted molar refractivity (Wildman–Crippen MR) is 90.9 cm³/mol. The summed E-state index contributed by atoms with van der Waals surface area (Å²) in [6.45, 7) is 3.53. The van der Waals surface area contributed by atoms with Crippen molar-refractivity contribution in [2.45, 2.75) is 25.8 Å². The summed E-state index contributed by atoms with van der Waals surface area (Å²) in [6.07, 6.45) is 3.70. The van der Waals surface area contributed by atoms with Gasteiger partial charge in [-0.05, 0) is 49.9 Å². The lowest BCUT2D eigenvalue weighted by Crippen LogP contribution is -2.42. The summed E-state index contributed by atoms with van der Waals surface area (Å²) in [7, 11) is 0. The van der Waals surface area contributed by atoms with Crippen LogP contribution in [0.4, 0.5) is 0 Å². The summed E-state index contributed by atoms with van der Waals surface area (Å²) >= 11 is 6.00. The lowest BCUT2D eigenvalue weighted by Gasteiger charge is -2.33. The molecule has 2 aromatic rings. The highest BCUT2D eigenvalue weighted by molar-refractivity contribution is 6.30. The van der Waals surface area contributed by atoms with E-state index in [1.165, 1.54) is 0 Å². The summed E-state index contributed by atoms with van der Waals surface area (Å²) < 4.78 is 1.67. The van der Waals surface area contributed by atoms with Crippen LogP contribution in [-0.2, 0) is 0 Å². The Morgan fingerprint density at radius 3 is 2.74 bits per heavy atom. The number of rotatable bonds is 3. The second kappa shape index (κ2) is 6.72. The number of amides is 1. The third kappa shape index (κ3) is 3.57. The smallest absolute Gasteiger partial charge is 0.274 e. The molecule has 0 bridgehead atoms. The Hall–Kier alpha value is -1.85. The molecule has 2 heterocycles. The zero-order valence-electron chi connectivity index (χ0n) is 13.2. The molecule has 5 nitrogen and oxygen atoms in total. The average molecular weight is 333 g/mol. The highest BCUT2D eigenvalue weighted by atomic mass is 35.5. The number of hydrogen-bond donors (Lipinski definition) is 1. The Morgan fingerprint density at radius 1 is 1.35 bits per heavy atom. The first-order valence-corrected chi connectivity index (χ1v) is 8.29. The van der Waals surface area contributed by atoms with Crippen molar-refractivity contribution in [3.05, 3.63) is 47.2 Å². The van der Waals surface area contributed by atoms with Gasteiger partial charge in [0.25, 0.3) is 5.91 Å². The van der Waals surface area contributed by atoms with Crippen molar-refractivity contribution in [3.63, 3.8) is 0 Å². The van der Waals surface area contributed by atoms with E-state index in [0.717, 1.165) is 31.6 Å². The minimum absolute atomic E-state index is 0.0195. The molecule has 1 aromatic heterocycles. The van der Waals surface area contributed by atoms with Crippen LogP contribution in [0.3, 0.4) is 0 Å². The lowest BCUT2D eigenvalue weighted by atomic mass is 9.91. The van der Waals surface area contributed by atoms with E-state index in [1.807, 2.05) is 36.1 Å². The molecule has 0 saturated carbocycles. The fourth-order valence-electron chi connectivity index (χ4n) is 2.99. The average Bonchev–Trinajstić information content (AvgIpc) is 3.04. The van der Waals surface area contributed by atoms with Crippen molar-refractivity contribution >= 4 is 17.5 Å². The van der Waals surface area contributed by atoms with Gasteiger partial charge in [-0.2, -0.15) is 5.10 Å². The molecular formula is C17H21ClN4O. The predicted octanol–water partition coefficient (Wildman–Crippen LogP) is 2.73. The van der Waals surface area contributed by atoms with E-state index in [-0.39, 0.29) is 11.9 Å². The van der Waals surface area contributed by atoms with E-state index in [9.17, 15) is 4.79 Å². The molecule has 122 valence electrons. The maximum Gasteiger partial charge on any atom is 0.274 e. The van der Waals surface area contributed by atoms with Crippen molar-refractivity contribution in [2.24, 2.45) is 11.7 Å². The molecule has 1 aliphatic rings. The Bertz CT molecular complexity index is 689. The van der Waals surface area contributed by atoms with Crippen LogP contribution in [0.1, 0.15) is 30.3 Å². The molecule has 0 aliphatic carbocycles. The van der Waals surface area contributed by atoms with Gasteiger partial charge in [0.1, 0.15) is 0 Å². The molecule has 1 atom stereocenters. The van der Waals surface area contributed by atoms with E-state index >= 15 is 0 Å².